The highest BCUT2D eigenvalue weighted by Crippen LogP contribution is 2.31. The van der Waals surface area contributed by atoms with Gasteiger partial charge in [-0.2, -0.15) is 0 Å². The van der Waals surface area contributed by atoms with Gasteiger partial charge in [0.25, 0.3) is 5.91 Å². The smallest absolute Gasteiger partial charge is 0.275 e. The molecule has 7 N–H and O–H groups in total. The van der Waals surface area contributed by atoms with Crippen molar-refractivity contribution < 1.29 is 14.4 Å². The fourth-order valence-corrected chi connectivity index (χ4v) is 4.10. The lowest BCUT2D eigenvalue weighted by Crippen LogP contribution is -2.59. The van der Waals surface area contributed by atoms with Gasteiger partial charge >= 0.3 is 0 Å². The third kappa shape index (κ3) is 4.69. The first kappa shape index (κ1) is 21.5. The number of rotatable bonds is 8. The van der Waals surface area contributed by atoms with E-state index in [1.807, 2.05) is 24.3 Å². The van der Waals surface area contributed by atoms with Crippen molar-refractivity contribution in [2.24, 2.45) is 11.5 Å². The summed E-state index contributed by atoms with van der Waals surface area (Å²) in [6.07, 6.45) is 1.14. The summed E-state index contributed by atoms with van der Waals surface area (Å²) in [5, 5.41) is 10.8. The van der Waals surface area contributed by atoms with Crippen LogP contribution in [-0.4, -0.2) is 54.9 Å². The Hall–Kier alpha value is -3.18. The molecular formula is C19H25N7O3S. The van der Waals surface area contributed by atoms with Crippen molar-refractivity contribution in [2.45, 2.75) is 18.4 Å². The van der Waals surface area contributed by atoms with E-state index < -0.39 is 11.4 Å². The normalized spacial score (nSPS) is 15.4. The van der Waals surface area contributed by atoms with Crippen molar-refractivity contribution >= 4 is 45.6 Å². The molecule has 0 radical (unpaired) electrons. The van der Waals surface area contributed by atoms with Gasteiger partial charge in [-0.1, -0.05) is 12.1 Å². The number of nitrogens with zero attached hydrogens (tertiary/aromatic N) is 2. The number of carbonyl (C=O) groups is 3. The molecule has 1 fully saturated rings. The van der Waals surface area contributed by atoms with Crippen LogP contribution < -0.4 is 32.3 Å². The van der Waals surface area contributed by atoms with Crippen LogP contribution in [0.4, 0.5) is 16.5 Å². The highest BCUT2D eigenvalue weighted by Gasteiger charge is 2.38. The molecule has 0 spiro atoms. The first-order valence-electron chi connectivity index (χ1n) is 9.46. The van der Waals surface area contributed by atoms with Crippen LogP contribution in [0.5, 0.6) is 0 Å². The molecule has 1 aromatic heterocycles. The maximum atomic E-state index is 12.7. The Balaban J connectivity index is 1.70. The Bertz CT molecular complexity index is 938. The molecule has 1 aliphatic rings. The molecule has 3 amide bonds. The number of aromatic nitrogens is 1. The minimum absolute atomic E-state index is 0.0498. The summed E-state index contributed by atoms with van der Waals surface area (Å²) >= 11 is 1.22. The molecule has 2 aromatic rings. The maximum absolute atomic E-state index is 12.7. The van der Waals surface area contributed by atoms with E-state index in [1.165, 1.54) is 11.3 Å². The molecule has 1 saturated heterocycles. The fourth-order valence-electron chi connectivity index (χ4n) is 3.41. The Kier molecular flexibility index (Phi) is 6.53. The molecule has 0 atom stereocenters. The average Bonchev–Trinajstić information content (AvgIpc) is 3.22. The van der Waals surface area contributed by atoms with Gasteiger partial charge in [0, 0.05) is 18.5 Å². The van der Waals surface area contributed by atoms with E-state index in [9.17, 15) is 14.4 Å². The van der Waals surface area contributed by atoms with E-state index in [0.29, 0.717) is 36.8 Å². The SMILES string of the molecule is CNC1(C(N)=O)CCN(c2ccccc2NC(=O)c2csc(NCC(N)=O)n2)CC1. The van der Waals surface area contributed by atoms with Gasteiger partial charge in [0.1, 0.15) is 11.2 Å². The average molecular weight is 432 g/mol. The zero-order chi connectivity index (χ0) is 21.7. The summed E-state index contributed by atoms with van der Waals surface area (Å²) in [7, 11) is 1.75. The molecule has 30 heavy (non-hydrogen) atoms. The van der Waals surface area contributed by atoms with Crippen LogP contribution in [0.3, 0.4) is 0 Å². The van der Waals surface area contributed by atoms with Gasteiger partial charge in [-0.15, -0.1) is 11.3 Å². The Morgan fingerprint density at radius 2 is 1.90 bits per heavy atom. The topological polar surface area (TPSA) is 155 Å². The molecule has 10 nitrogen and oxygen atoms in total. The molecule has 1 aromatic carbocycles. The Labute approximate surface area is 178 Å². The summed E-state index contributed by atoms with van der Waals surface area (Å²) in [6.45, 7) is 1.19. The third-order valence-electron chi connectivity index (χ3n) is 5.21. The van der Waals surface area contributed by atoms with Crippen LogP contribution in [0.15, 0.2) is 29.6 Å². The lowest BCUT2D eigenvalue weighted by atomic mass is 9.86. The number of anilines is 3. The highest BCUT2D eigenvalue weighted by molar-refractivity contribution is 7.13. The van der Waals surface area contributed by atoms with Gasteiger partial charge in [0.2, 0.25) is 11.8 Å². The number of carbonyl (C=O) groups excluding carboxylic acids is 3. The standard InChI is InChI=1S/C19H25N7O3S/c1-22-19(17(21)29)6-8-26(9-7-19)14-5-3-2-4-12(14)24-16(28)13-11-30-18(25-13)23-10-15(20)27/h2-5,11,22H,6-10H2,1H3,(H2,20,27)(H2,21,29)(H,23,25)(H,24,28). The molecule has 0 unspecified atom stereocenters. The van der Waals surface area contributed by atoms with Gasteiger partial charge in [-0.3, -0.25) is 14.4 Å². The molecule has 1 aliphatic heterocycles. The predicted octanol–water partition coefficient (Wildman–Crippen LogP) is 0.336. The molecule has 2 heterocycles. The molecular weight excluding hydrogens is 406 g/mol. The Morgan fingerprint density at radius 1 is 1.20 bits per heavy atom. The number of amides is 3. The predicted molar refractivity (Wildman–Crippen MR) is 117 cm³/mol. The highest BCUT2D eigenvalue weighted by atomic mass is 32.1. The largest absolute Gasteiger partial charge is 0.370 e. The minimum atomic E-state index is -0.705. The van der Waals surface area contributed by atoms with E-state index in [4.69, 9.17) is 11.5 Å². The number of hydrogen-bond donors (Lipinski definition) is 5. The Morgan fingerprint density at radius 3 is 2.53 bits per heavy atom. The van der Waals surface area contributed by atoms with Gasteiger partial charge < -0.3 is 32.3 Å². The number of hydrogen-bond acceptors (Lipinski definition) is 8. The van der Waals surface area contributed by atoms with Crippen molar-refractivity contribution in [3.63, 3.8) is 0 Å². The number of thiazole rings is 1. The fraction of sp³-hybridized carbons (Fsp3) is 0.368. The van der Waals surface area contributed by atoms with Gasteiger partial charge in [-0.05, 0) is 32.0 Å². The summed E-state index contributed by atoms with van der Waals surface area (Å²) in [5.41, 5.74) is 11.7. The number of nitrogens with two attached hydrogens (primary N) is 2. The van der Waals surface area contributed by atoms with Crippen LogP contribution in [-0.2, 0) is 9.59 Å². The quantitative estimate of drug-likeness (QED) is 0.403. The van der Waals surface area contributed by atoms with Gasteiger partial charge in [0.05, 0.1) is 17.9 Å². The molecule has 11 heteroatoms. The lowest BCUT2D eigenvalue weighted by Gasteiger charge is -2.41. The zero-order valence-corrected chi connectivity index (χ0v) is 17.4. The number of likely N-dealkylation sites (N-methyl/N-ethyl adjacent to an activating group) is 1. The van der Waals surface area contributed by atoms with Crippen LogP contribution >= 0.6 is 11.3 Å². The molecule has 0 saturated carbocycles. The molecule has 0 aliphatic carbocycles. The first-order chi connectivity index (χ1) is 14.3. The zero-order valence-electron chi connectivity index (χ0n) is 16.6. The lowest BCUT2D eigenvalue weighted by molar-refractivity contribution is -0.125. The van der Waals surface area contributed by atoms with Crippen LogP contribution in [0.1, 0.15) is 23.3 Å². The number of primary amides is 2. The van der Waals surface area contributed by atoms with Crippen LogP contribution in [0.2, 0.25) is 0 Å². The summed E-state index contributed by atoms with van der Waals surface area (Å²) in [6, 6.07) is 7.48. The second-order valence-corrected chi connectivity index (χ2v) is 7.87. The second kappa shape index (κ2) is 9.09. The van der Waals surface area contributed by atoms with Crippen molar-refractivity contribution in [1.82, 2.24) is 10.3 Å². The maximum Gasteiger partial charge on any atom is 0.275 e. The van der Waals surface area contributed by atoms with Crippen molar-refractivity contribution in [3.05, 3.63) is 35.3 Å². The van der Waals surface area contributed by atoms with Crippen molar-refractivity contribution in [2.75, 3.05) is 42.2 Å². The van der Waals surface area contributed by atoms with E-state index >= 15 is 0 Å². The molecule has 160 valence electrons. The number of piperidine rings is 1. The van der Waals surface area contributed by atoms with E-state index in [-0.39, 0.29) is 24.1 Å². The van der Waals surface area contributed by atoms with Crippen LogP contribution in [0, 0.1) is 0 Å². The minimum Gasteiger partial charge on any atom is -0.370 e. The van der Waals surface area contributed by atoms with Gasteiger partial charge in [-0.25, -0.2) is 4.98 Å². The van der Waals surface area contributed by atoms with Crippen molar-refractivity contribution in [1.29, 1.82) is 0 Å². The summed E-state index contributed by atoms with van der Waals surface area (Å²) in [5.74, 6) is -1.22. The molecule has 3 rings (SSSR count). The van der Waals surface area contributed by atoms with Gasteiger partial charge in [0.15, 0.2) is 5.13 Å². The monoisotopic (exact) mass is 431 g/mol. The van der Waals surface area contributed by atoms with Crippen LogP contribution in [0.25, 0.3) is 0 Å². The van der Waals surface area contributed by atoms with E-state index in [1.54, 1.807) is 12.4 Å². The van der Waals surface area contributed by atoms with Crippen molar-refractivity contribution in [3.8, 4) is 0 Å². The number of para-hydroxylation sites is 2. The summed E-state index contributed by atoms with van der Waals surface area (Å²) < 4.78 is 0. The number of nitrogens with one attached hydrogen (secondary N) is 3. The summed E-state index contributed by atoms with van der Waals surface area (Å²) in [4.78, 5) is 41.7. The molecule has 0 bridgehead atoms. The third-order valence-corrected chi connectivity index (χ3v) is 6.01. The second-order valence-electron chi connectivity index (χ2n) is 7.01. The van der Waals surface area contributed by atoms with E-state index in [2.05, 4.69) is 25.8 Å². The number of benzene rings is 1. The van der Waals surface area contributed by atoms with E-state index in [0.717, 1.165) is 5.69 Å². The first-order valence-corrected chi connectivity index (χ1v) is 10.3.